The predicted molar refractivity (Wildman–Crippen MR) is 153 cm³/mol. The molecule has 1 fully saturated rings. The SMILES string of the molecule is O=C(Nc1cncc(-c2cnc3n[nH]c(-c4cc5c(-c6ccc(F)cc6)nccc5[nH]4)c3c2)c1)C1CCCCC1. The molecule has 6 aromatic rings. The summed E-state index contributed by atoms with van der Waals surface area (Å²) >= 11 is 0. The van der Waals surface area contributed by atoms with E-state index in [1.165, 1.54) is 18.6 Å². The van der Waals surface area contributed by atoms with Crippen molar-refractivity contribution in [1.29, 1.82) is 0 Å². The van der Waals surface area contributed by atoms with Gasteiger partial charge in [-0.1, -0.05) is 19.3 Å². The number of hydrogen-bond donors (Lipinski definition) is 3. The van der Waals surface area contributed by atoms with E-state index in [4.69, 9.17) is 0 Å². The van der Waals surface area contributed by atoms with E-state index in [-0.39, 0.29) is 17.6 Å². The first-order valence-electron chi connectivity index (χ1n) is 13.5. The number of nitrogens with one attached hydrogen (secondary N) is 3. The second kappa shape index (κ2) is 10.00. The maximum absolute atomic E-state index is 13.5. The lowest BCUT2D eigenvalue weighted by atomic mass is 9.88. The second-order valence-corrected chi connectivity index (χ2v) is 10.3. The highest BCUT2D eigenvalue weighted by atomic mass is 19.1. The number of hydrogen-bond acceptors (Lipinski definition) is 5. The molecule has 0 radical (unpaired) electrons. The molecular formula is C31H26FN7O. The lowest BCUT2D eigenvalue weighted by Gasteiger charge is -2.20. The smallest absolute Gasteiger partial charge is 0.227 e. The van der Waals surface area contributed by atoms with Crippen molar-refractivity contribution < 1.29 is 9.18 Å². The molecule has 0 unspecified atom stereocenters. The number of aromatic nitrogens is 6. The van der Waals surface area contributed by atoms with Gasteiger partial charge >= 0.3 is 0 Å². The van der Waals surface area contributed by atoms with E-state index >= 15 is 0 Å². The Bertz CT molecular complexity index is 1850. The normalized spacial score (nSPS) is 14.1. The molecule has 0 saturated heterocycles. The molecule has 7 rings (SSSR count). The highest BCUT2D eigenvalue weighted by molar-refractivity contribution is 6.00. The van der Waals surface area contributed by atoms with E-state index in [0.717, 1.165) is 75.7 Å². The molecule has 0 aliphatic heterocycles. The van der Waals surface area contributed by atoms with Gasteiger partial charge in [0, 0.05) is 57.5 Å². The molecule has 0 spiro atoms. The minimum Gasteiger partial charge on any atom is -0.353 e. The zero-order chi connectivity index (χ0) is 27.1. The largest absolute Gasteiger partial charge is 0.353 e. The molecule has 1 amide bonds. The van der Waals surface area contributed by atoms with Crippen LogP contribution in [0.3, 0.4) is 0 Å². The third-order valence-corrected chi connectivity index (χ3v) is 7.66. The first kappa shape index (κ1) is 24.1. The van der Waals surface area contributed by atoms with Crippen molar-refractivity contribution in [3.63, 3.8) is 0 Å². The Morgan fingerprint density at radius 1 is 0.875 bits per heavy atom. The van der Waals surface area contributed by atoms with Crippen molar-refractivity contribution in [3.05, 3.63) is 79.1 Å². The van der Waals surface area contributed by atoms with Crippen LogP contribution in [-0.2, 0) is 4.79 Å². The third kappa shape index (κ3) is 4.49. The monoisotopic (exact) mass is 531 g/mol. The van der Waals surface area contributed by atoms with Gasteiger partial charge in [-0.3, -0.25) is 19.9 Å². The van der Waals surface area contributed by atoms with Crippen LogP contribution in [0.25, 0.3) is 55.7 Å². The highest BCUT2D eigenvalue weighted by Gasteiger charge is 2.21. The standard InChI is InChI=1S/C31H26FN7O/c32-22-8-6-18(7-9-22)28-24-14-27(37-26(24)10-11-34-28)29-25-13-21(16-35-30(25)39-38-29)20-12-23(17-33-15-20)36-31(40)19-4-2-1-3-5-19/h6-17,19,37H,1-5H2,(H,36,40)(H,35,38,39). The van der Waals surface area contributed by atoms with Gasteiger partial charge in [-0.2, -0.15) is 5.10 Å². The van der Waals surface area contributed by atoms with Crippen molar-refractivity contribution in [2.24, 2.45) is 5.92 Å². The molecule has 1 saturated carbocycles. The van der Waals surface area contributed by atoms with E-state index in [1.54, 1.807) is 36.9 Å². The molecule has 198 valence electrons. The molecule has 8 nitrogen and oxygen atoms in total. The molecule has 1 aliphatic rings. The molecule has 0 bridgehead atoms. The Morgan fingerprint density at radius 3 is 2.55 bits per heavy atom. The maximum atomic E-state index is 13.5. The molecule has 3 N–H and O–H groups in total. The molecule has 5 heterocycles. The van der Waals surface area contributed by atoms with Crippen LogP contribution in [0.2, 0.25) is 0 Å². The topological polar surface area (TPSA) is 112 Å². The van der Waals surface area contributed by atoms with E-state index in [0.29, 0.717) is 11.3 Å². The van der Waals surface area contributed by atoms with Crippen molar-refractivity contribution in [2.45, 2.75) is 32.1 Å². The van der Waals surface area contributed by atoms with E-state index in [9.17, 15) is 9.18 Å². The Labute approximate surface area is 229 Å². The fourth-order valence-electron chi connectivity index (χ4n) is 5.56. The van der Waals surface area contributed by atoms with Gasteiger partial charge in [0.2, 0.25) is 5.91 Å². The molecule has 40 heavy (non-hydrogen) atoms. The van der Waals surface area contributed by atoms with Crippen molar-refractivity contribution in [2.75, 3.05) is 5.32 Å². The average molecular weight is 532 g/mol. The number of halogens is 1. The number of anilines is 1. The number of benzene rings is 1. The Morgan fingerprint density at radius 2 is 1.70 bits per heavy atom. The minimum atomic E-state index is -0.287. The lowest BCUT2D eigenvalue weighted by molar-refractivity contribution is -0.120. The van der Waals surface area contributed by atoms with E-state index in [2.05, 4.69) is 35.5 Å². The van der Waals surface area contributed by atoms with Gasteiger partial charge in [0.1, 0.15) is 5.82 Å². The van der Waals surface area contributed by atoms with E-state index in [1.807, 2.05) is 24.3 Å². The van der Waals surface area contributed by atoms with Gasteiger partial charge < -0.3 is 10.3 Å². The Kier molecular flexibility index (Phi) is 6.03. The summed E-state index contributed by atoms with van der Waals surface area (Å²) in [4.78, 5) is 29.7. The van der Waals surface area contributed by atoms with Gasteiger partial charge in [0.05, 0.1) is 29.0 Å². The zero-order valence-electron chi connectivity index (χ0n) is 21.6. The number of carbonyl (C=O) groups excluding carboxylic acids is 1. The first-order chi connectivity index (χ1) is 19.6. The van der Waals surface area contributed by atoms with E-state index < -0.39 is 0 Å². The van der Waals surface area contributed by atoms with Crippen LogP contribution >= 0.6 is 0 Å². The summed E-state index contributed by atoms with van der Waals surface area (Å²) in [6.07, 6.45) is 12.2. The summed E-state index contributed by atoms with van der Waals surface area (Å²) in [7, 11) is 0. The number of H-pyrrole nitrogens is 2. The molecule has 0 atom stereocenters. The van der Waals surface area contributed by atoms with Gasteiger partial charge in [-0.05, 0) is 61.4 Å². The average Bonchev–Trinajstić information content (AvgIpc) is 3.62. The third-order valence-electron chi connectivity index (χ3n) is 7.66. The number of aromatic amines is 2. The lowest BCUT2D eigenvalue weighted by Crippen LogP contribution is -2.24. The fraction of sp³-hybridized carbons (Fsp3) is 0.194. The Balaban J connectivity index is 1.22. The number of nitrogens with zero attached hydrogens (tertiary/aromatic N) is 4. The van der Waals surface area contributed by atoms with Crippen LogP contribution in [-0.4, -0.2) is 36.0 Å². The van der Waals surface area contributed by atoms with Gasteiger partial charge in [0.15, 0.2) is 5.65 Å². The van der Waals surface area contributed by atoms with Crippen LogP contribution in [0.15, 0.2) is 73.3 Å². The van der Waals surface area contributed by atoms with Crippen LogP contribution in [0.1, 0.15) is 32.1 Å². The summed E-state index contributed by atoms with van der Waals surface area (Å²) in [6, 6.07) is 14.2. The van der Waals surface area contributed by atoms with Crippen molar-refractivity contribution in [3.8, 4) is 33.8 Å². The van der Waals surface area contributed by atoms with Gasteiger partial charge in [-0.25, -0.2) is 9.37 Å². The highest BCUT2D eigenvalue weighted by Crippen LogP contribution is 2.34. The second-order valence-electron chi connectivity index (χ2n) is 10.3. The van der Waals surface area contributed by atoms with Gasteiger partial charge in [-0.15, -0.1) is 0 Å². The summed E-state index contributed by atoms with van der Waals surface area (Å²) in [5.74, 6) is -0.151. The summed E-state index contributed by atoms with van der Waals surface area (Å²) in [5.41, 5.74) is 7.10. The minimum absolute atomic E-state index is 0.0673. The number of amides is 1. The van der Waals surface area contributed by atoms with Crippen LogP contribution < -0.4 is 5.32 Å². The van der Waals surface area contributed by atoms with Crippen LogP contribution in [0.5, 0.6) is 0 Å². The van der Waals surface area contributed by atoms with Crippen LogP contribution in [0, 0.1) is 11.7 Å². The van der Waals surface area contributed by atoms with Crippen molar-refractivity contribution >= 4 is 33.5 Å². The molecule has 5 aromatic heterocycles. The fourth-order valence-corrected chi connectivity index (χ4v) is 5.56. The summed E-state index contributed by atoms with van der Waals surface area (Å²) in [6.45, 7) is 0. The summed E-state index contributed by atoms with van der Waals surface area (Å²) in [5, 5.41) is 12.4. The number of pyridine rings is 3. The van der Waals surface area contributed by atoms with Crippen molar-refractivity contribution in [1.82, 2.24) is 30.1 Å². The number of carbonyl (C=O) groups is 1. The molecule has 1 aromatic carbocycles. The maximum Gasteiger partial charge on any atom is 0.227 e. The molecule has 9 heteroatoms. The number of fused-ring (bicyclic) bond motifs is 2. The first-order valence-corrected chi connectivity index (χ1v) is 13.5. The Hall–Kier alpha value is -4.92. The van der Waals surface area contributed by atoms with Crippen LogP contribution in [0.4, 0.5) is 10.1 Å². The van der Waals surface area contributed by atoms with Gasteiger partial charge in [0.25, 0.3) is 0 Å². The zero-order valence-corrected chi connectivity index (χ0v) is 21.6. The quantitative estimate of drug-likeness (QED) is 0.224. The number of rotatable bonds is 5. The molecular weight excluding hydrogens is 505 g/mol. The molecule has 1 aliphatic carbocycles. The summed E-state index contributed by atoms with van der Waals surface area (Å²) < 4.78 is 13.5. The predicted octanol–water partition coefficient (Wildman–Crippen LogP) is 6.89.